The summed E-state index contributed by atoms with van der Waals surface area (Å²) < 4.78 is 19.8. The summed E-state index contributed by atoms with van der Waals surface area (Å²) in [6.45, 7) is 0.654. The Balaban J connectivity index is 2.31. The number of nitrogens with one attached hydrogen (secondary N) is 1. The molecule has 20 heavy (non-hydrogen) atoms. The minimum atomic E-state index is -0.484. The summed E-state index contributed by atoms with van der Waals surface area (Å²) in [5, 5.41) is 12.2. The molecule has 0 saturated carbocycles. The summed E-state index contributed by atoms with van der Waals surface area (Å²) in [5.74, 6) is -0.0535. The number of halogens is 2. The first-order valence-electron chi connectivity index (χ1n) is 5.94. The van der Waals surface area contributed by atoms with Gasteiger partial charge in [0.25, 0.3) is 0 Å². The molecule has 2 rings (SSSR count). The van der Waals surface area contributed by atoms with Crippen molar-refractivity contribution in [3.8, 4) is 17.6 Å². The maximum Gasteiger partial charge on any atom is 0.166 e. The Morgan fingerprint density at radius 3 is 2.65 bits per heavy atom. The third-order valence-electron chi connectivity index (χ3n) is 2.66. The van der Waals surface area contributed by atoms with Crippen molar-refractivity contribution in [3.63, 3.8) is 0 Å². The van der Waals surface area contributed by atoms with E-state index >= 15 is 0 Å². The van der Waals surface area contributed by atoms with Crippen LogP contribution < -0.4 is 10.1 Å². The van der Waals surface area contributed by atoms with Crippen molar-refractivity contribution in [2.75, 3.05) is 7.05 Å². The second-order valence-electron chi connectivity index (χ2n) is 4.15. The van der Waals surface area contributed by atoms with Gasteiger partial charge in [0.1, 0.15) is 11.8 Å². The molecule has 3 nitrogen and oxygen atoms in total. The van der Waals surface area contributed by atoms with Gasteiger partial charge in [-0.1, -0.05) is 22.0 Å². The Morgan fingerprint density at radius 1 is 1.25 bits per heavy atom. The molecule has 0 aliphatic carbocycles. The van der Waals surface area contributed by atoms with Crippen LogP contribution in [0.3, 0.4) is 0 Å². The summed E-state index contributed by atoms with van der Waals surface area (Å²) in [6, 6.07) is 11.8. The average Bonchev–Trinajstić information content (AvgIpc) is 2.43. The van der Waals surface area contributed by atoms with Gasteiger partial charge in [0.2, 0.25) is 0 Å². The topological polar surface area (TPSA) is 45.0 Å². The minimum Gasteiger partial charge on any atom is -0.453 e. The molecule has 0 fully saturated rings. The molecule has 0 aliphatic rings. The smallest absolute Gasteiger partial charge is 0.166 e. The summed E-state index contributed by atoms with van der Waals surface area (Å²) in [7, 11) is 1.83. The van der Waals surface area contributed by atoms with Crippen LogP contribution in [-0.4, -0.2) is 7.05 Å². The van der Waals surface area contributed by atoms with Crippen molar-refractivity contribution in [1.29, 1.82) is 5.26 Å². The zero-order chi connectivity index (χ0) is 14.5. The van der Waals surface area contributed by atoms with Gasteiger partial charge in [0.05, 0.1) is 5.56 Å². The number of nitriles is 1. The summed E-state index contributed by atoms with van der Waals surface area (Å²) in [6.07, 6.45) is 0. The molecule has 0 unspecified atom stereocenters. The molecule has 0 amide bonds. The summed E-state index contributed by atoms with van der Waals surface area (Å²) >= 11 is 3.18. The van der Waals surface area contributed by atoms with Gasteiger partial charge in [-0.25, -0.2) is 4.39 Å². The van der Waals surface area contributed by atoms with E-state index in [4.69, 9.17) is 10.00 Å². The molecule has 0 aromatic heterocycles. The highest BCUT2D eigenvalue weighted by Gasteiger charge is 2.09. The van der Waals surface area contributed by atoms with E-state index in [9.17, 15) is 4.39 Å². The van der Waals surface area contributed by atoms with Crippen LogP contribution in [0.5, 0.6) is 11.5 Å². The Hall–Kier alpha value is -1.90. The highest BCUT2D eigenvalue weighted by atomic mass is 79.9. The quantitative estimate of drug-likeness (QED) is 0.919. The number of rotatable bonds is 4. The second-order valence-corrected chi connectivity index (χ2v) is 5.07. The fourth-order valence-electron chi connectivity index (χ4n) is 1.74. The van der Waals surface area contributed by atoms with Crippen molar-refractivity contribution in [2.24, 2.45) is 0 Å². The first kappa shape index (κ1) is 14.5. The SMILES string of the molecule is CNCc1ccc(Oc2ccc(Br)cc2F)c(C#N)c1. The monoisotopic (exact) mass is 334 g/mol. The van der Waals surface area contributed by atoms with Crippen molar-refractivity contribution < 1.29 is 9.13 Å². The highest BCUT2D eigenvalue weighted by Crippen LogP contribution is 2.29. The maximum atomic E-state index is 13.7. The number of hydrogen-bond donors (Lipinski definition) is 1. The number of benzene rings is 2. The number of hydrogen-bond acceptors (Lipinski definition) is 3. The first-order chi connectivity index (χ1) is 9.63. The third kappa shape index (κ3) is 3.35. The van der Waals surface area contributed by atoms with E-state index in [1.54, 1.807) is 18.2 Å². The zero-order valence-corrected chi connectivity index (χ0v) is 12.4. The van der Waals surface area contributed by atoms with Gasteiger partial charge >= 0.3 is 0 Å². The fraction of sp³-hybridized carbons (Fsp3) is 0.133. The molecule has 0 bridgehead atoms. The van der Waals surface area contributed by atoms with Crippen LogP contribution in [0, 0.1) is 17.1 Å². The number of nitrogens with zero attached hydrogens (tertiary/aromatic N) is 1. The van der Waals surface area contributed by atoms with E-state index in [-0.39, 0.29) is 5.75 Å². The van der Waals surface area contributed by atoms with Crippen LogP contribution in [0.1, 0.15) is 11.1 Å². The standard InChI is InChI=1S/C15H12BrFN2O/c1-19-9-10-2-4-14(11(6-10)8-18)20-15-5-3-12(16)7-13(15)17/h2-7,19H,9H2,1H3. The molecule has 0 atom stereocenters. The normalized spacial score (nSPS) is 10.1. The molecule has 2 aromatic carbocycles. The molecule has 102 valence electrons. The molecule has 0 aliphatic heterocycles. The van der Waals surface area contributed by atoms with Gasteiger partial charge in [0, 0.05) is 11.0 Å². The van der Waals surface area contributed by atoms with Crippen molar-refractivity contribution in [1.82, 2.24) is 5.32 Å². The van der Waals surface area contributed by atoms with Crippen LogP contribution in [-0.2, 0) is 6.54 Å². The molecule has 0 heterocycles. The van der Waals surface area contributed by atoms with Crippen LogP contribution in [0.4, 0.5) is 4.39 Å². The van der Waals surface area contributed by atoms with E-state index < -0.39 is 5.82 Å². The van der Waals surface area contributed by atoms with Gasteiger partial charge in [-0.05, 0) is 42.9 Å². The lowest BCUT2D eigenvalue weighted by Gasteiger charge is -2.10. The molecule has 0 saturated heterocycles. The summed E-state index contributed by atoms with van der Waals surface area (Å²) in [4.78, 5) is 0. The van der Waals surface area contributed by atoms with E-state index in [0.717, 1.165) is 5.56 Å². The van der Waals surface area contributed by atoms with Crippen molar-refractivity contribution >= 4 is 15.9 Å². The predicted octanol–water partition coefficient (Wildman–Crippen LogP) is 3.97. The Kier molecular flexibility index (Phi) is 4.72. The Labute approximate surface area is 125 Å². The van der Waals surface area contributed by atoms with Gasteiger partial charge in [-0.15, -0.1) is 0 Å². The second kappa shape index (κ2) is 6.51. The van der Waals surface area contributed by atoms with E-state index in [0.29, 0.717) is 22.3 Å². The Bertz CT molecular complexity index is 667. The molecule has 1 N–H and O–H groups in total. The lowest BCUT2D eigenvalue weighted by molar-refractivity contribution is 0.440. The lowest BCUT2D eigenvalue weighted by atomic mass is 10.1. The molecular formula is C15H12BrFN2O. The van der Waals surface area contributed by atoms with Crippen molar-refractivity contribution in [2.45, 2.75) is 6.54 Å². The fourth-order valence-corrected chi connectivity index (χ4v) is 2.08. The molecule has 0 spiro atoms. The molecule has 2 aromatic rings. The predicted molar refractivity (Wildman–Crippen MR) is 78.1 cm³/mol. The largest absolute Gasteiger partial charge is 0.453 e. The molecular weight excluding hydrogens is 323 g/mol. The Morgan fingerprint density at radius 2 is 2.00 bits per heavy atom. The first-order valence-corrected chi connectivity index (χ1v) is 6.74. The maximum absolute atomic E-state index is 13.7. The highest BCUT2D eigenvalue weighted by molar-refractivity contribution is 9.10. The van der Waals surface area contributed by atoms with Gasteiger partial charge in [0.15, 0.2) is 11.6 Å². The zero-order valence-electron chi connectivity index (χ0n) is 10.8. The minimum absolute atomic E-state index is 0.0890. The van der Waals surface area contributed by atoms with E-state index in [1.165, 1.54) is 12.1 Å². The third-order valence-corrected chi connectivity index (χ3v) is 3.15. The average molecular weight is 335 g/mol. The lowest BCUT2D eigenvalue weighted by Crippen LogP contribution is -2.05. The van der Waals surface area contributed by atoms with Crippen LogP contribution in [0.15, 0.2) is 40.9 Å². The van der Waals surface area contributed by atoms with Crippen molar-refractivity contribution in [3.05, 3.63) is 57.8 Å². The summed E-state index contributed by atoms with van der Waals surface area (Å²) in [5.41, 5.74) is 1.34. The van der Waals surface area contributed by atoms with Gasteiger partial charge in [-0.3, -0.25) is 0 Å². The van der Waals surface area contributed by atoms with Crippen LogP contribution in [0.25, 0.3) is 0 Å². The number of ether oxygens (including phenoxy) is 1. The van der Waals surface area contributed by atoms with E-state index in [2.05, 4.69) is 27.3 Å². The molecule has 5 heteroatoms. The van der Waals surface area contributed by atoms with Gasteiger partial charge in [-0.2, -0.15) is 5.26 Å². The van der Waals surface area contributed by atoms with Crippen LogP contribution in [0.2, 0.25) is 0 Å². The van der Waals surface area contributed by atoms with Crippen LogP contribution >= 0.6 is 15.9 Å². The van der Waals surface area contributed by atoms with E-state index in [1.807, 2.05) is 13.1 Å². The van der Waals surface area contributed by atoms with Gasteiger partial charge < -0.3 is 10.1 Å². The molecule has 0 radical (unpaired) electrons.